The monoisotopic (exact) mass is 386 g/mol. The number of halogens is 1. The number of nitrogens with two attached hydrogens (primary N) is 1. The SMILES string of the molecule is CCOc1cc(C[NH2+]C(C)(C)CC(C)(C)C)cc(Br)c1OCC. The number of hydrogen-bond donors (Lipinski definition) is 1. The summed E-state index contributed by atoms with van der Waals surface area (Å²) in [7, 11) is 0. The van der Waals surface area contributed by atoms with Crippen LogP contribution in [0, 0.1) is 5.41 Å². The summed E-state index contributed by atoms with van der Waals surface area (Å²) in [5.74, 6) is 1.62. The van der Waals surface area contributed by atoms with Gasteiger partial charge in [0.05, 0.1) is 23.2 Å². The highest BCUT2D eigenvalue weighted by atomic mass is 79.9. The van der Waals surface area contributed by atoms with Gasteiger partial charge in [-0.05, 0) is 61.2 Å². The van der Waals surface area contributed by atoms with Gasteiger partial charge in [0.1, 0.15) is 6.54 Å². The zero-order valence-electron chi connectivity index (χ0n) is 15.8. The number of ether oxygens (including phenoxy) is 2. The summed E-state index contributed by atoms with van der Waals surface area (Å²) < 4.78 is 12.4. The van der Waals surface area contributed by atoms with Crippen molar-refractivity contribution in [2.45, 2.75) is 67.0 Å². The van der Waals surface area contributed by atoms with Crippen molar-refractivity contribution in [3.63, 3.8) is 0 Å². The lowest BCUT2D eigenvalue weighted by Crippen LogP contribution is -2.94. The van der Waals surface area contributed by atoms with Crippen LogP contribution in [0.3, 0.4) is 0 Å². The Morgan fingerprint density at radius 2 is 1.61 bits per heavy atom. The van der Waals surface area contributed by atoms with Gasteiger partial charge in [0.25, 0.3) is 0 Å². The van der Waals surface area contributed by atoms with Crippen molar-refractivity contribution in [3.05, 3.63) is 22.2 Å². The van der Waals surface area contributed by atoms with Crippen molar-refractivity contribution < 1.29 is 14.8 Å². The zero-order chi connectivity index (χ0) is 17.7. The molecule has 132 valence electrons. The molecule has 2 N–H and O–H groups in total. The lowest BCUT2D eigenvalue weighted by molar-refractivity contribution is -0.737. The zero-order valence-corrected chi connectivity index (χ0v) is 17.3. The molecule has 0 aromatic heterocycles. The molecule has 0 aliphatic heterocycles. The van der Waals surface area contributed by atoms with E-state index in [1.165, 1.54) is 5.56 Å². The van der Waals surface area contributed by atoms with E-state index in [2.05, 4.69) is 68.0 Å². The first-order chi connectivity index (χ1) is 10.6. The molecular formula is C19H33BrNO2+. The van der Waals surface area contributed by atoms with Crippen LogP contribution in [0.2, 0.25) is 0 Å². The van der Waals surface area contributed by atoms with Crippen LogP contribution in [0.5, 0.6) is 11.5 Å². The van der Waals surface area contributed by atoms with Gasteiger partial charge in [-0.25, -0.2) is 0 Å². The van der Waals surface area contributed by atoms with E-state index in [9.17, 15) is 0 Å². The van der Waals surface area contributed by atoms with Crippen LogP contribution in [0.4, 0.5) is 0 Å². The van der Waals surface area contributed by atoms with Gasteiger partial charge < -0.3 is 14.8 Å². The van der Waals surface area contributed by atoms with Crippen LogP contribution in [-0.4, -0.2) is 18.8 Å². The molecule has 0 spiro atoms. The molecule has 0 atom stereocenters. The summed E-state index contributed by atoms with van der Waals surface area (Å²) in [5, 5.41) is 2.41. The maximum Gasteiger partial charge on any atom is 0.175 e. The summed E-state index contributed by atoms with van der Waals surface area (Å²) in [6.07, 6.45) is 1.16. The van der Waals surface area contributed by atoms with E-state index in [0.717, 1.165) is 28.9 Å². The van der Waals surface area contributed by atoms with Crippen LogP contribution < -0.4 is 14.8 Å². The molecule has 4 heteroatoms. The average molecular weight is 387 g/mol. The van der Waals surface area contributed by atoms with E-state index < -0.39 is 0 Å². The van der Waals surface area contributed by atoms with Crippen LogP contribution >= 0.6 is 15.9 Å². The second-order valence-corrected chi connectivity index (χ2v) is 8.76. The fourth-order valence-electron chi connectivity index (χ4n) is 3.12. The third-order valence-electron chi connectivity index (χ3n) is 3.53. The molecule has 0 bridgehead atoms. The molecule has 0 radical (unpaired) electrons. The van der Waals surface area contributed by atoms with Gasteiger partial charge in [0.15, 0.2) is 11.5 Å². The van der Waals surface area contributed by atoms with Gasteiger partial charge in [-0.2, -0.15) is 0 Å². The van der Waals surface area contributed by atoms with Gasteiger partial charge in [-0.1, -0.05) is 20.8 Å². The Morgan fingerprint density at radius 1 is 1.00 bits per heavy atom. The summed E-state index contributed by atoms with van der Waals surface area (Å²) in [6.45, 7) is 17.7. The number of rotatable bonds is 8. The first kappa shape index (κ1) is 20.3. The lowest BCUT2D eigenvalue weighted by Gasteiger charge is -2.30. The minimum atomic E-state index is 0.203. The van der Waals surface area contributed by atoms with Crippen molar-refractivity contribution in [1.82, 2.24) is 0 Å². The van der Waals surface area contributed by atoms with Crippen molar-refractivity contribution in [2.24, 2.45) is 5.41 Å². The normalized spacial score (nSPS) is 12.3. The van der Waals surface area contributed by atoms with E-state index in [4.69, 9.17) is 9.47 Å². The Balaban J connectivity index is 2.88. The standard InChI is InChI=1S/C19H32BrNO2/c1-8-22-16-11-14(10-15(20)17(16)23-9-2)12-21-19(6,7)13-18(3,4)5/h10-11,21H,8-9,12-13H2,1-7H3/p+1. The Bertz CT molecular complexity index is 507. The van der Waals surface area contributed by atoms with Gasteiger partial charge in [0.2, 0.25) is 0 Å². The van der Waals surface area contributed by atoms with Crippen LogP contribution in [0.1, 0.15) is 60.5 Å². The van der Waals surface area contributed by atoms with Crippen LogP contribution in [-0.2, 0) is 6.54 Å². The predicted molar refractivity (Wildman–Crippen MR) is 100 cm³/mol. The minimum absolute atomic E-state index is 0.203. The molecule has 1 aromatic rings. The maximum absolute atomic E-state index is 5.75. The van der Waals surface area contributed by atoms with Crippen molar-refractivity contribution in [3.8, 4) is 11.5 Å². The topological polar surface area (TPSA) is 35.1 Å². The summed E-state index contributed by atoms with van der Waals surface area (Å²) >= 11 is 3.62. The van der Waals surface area contributed by atoms with E-state index >= 15 is 0 Å². The highest BCUT2D eigenvalue weighted by Gasteiger charge is 2.28. The molecule has 23 heavy (non-hydrogen) atoms. The Labute approximate surface area is 150 Å². The molecule has 0 aliphatic carbocycles. The van der Waals surface area contributed by atoms with Gasteiger partial charge >= 0.3 is 0 Å². The van der Waals surface area contributed by atoms with Crippen molar-refractivity contribution in [2.75, 3.05) is 13.2 Å². The molecule has 0 fully saturated rings. The van der Waals surface area contributed by atoms with Gasteiger partial charge in [-0.15, -0.1) is 0 Å². The van der Waals surface area contributed by atoms with Crippen molar-refractivity contribution in [1.29, 1.82) is 0 Å². The van der Waals surface area contributed by atoms with Crippen LogP contribution in [0.15, 0.2) is 16.6 Å². The highest BCUT2D eigenvalue weighted by molar-refractivity contribution is 9.10. The van der Waals surface area contributed by atoms with Crippen molar-refractivity contribution >= 4 is 15.9 Å². The molecule has 1 aromatic carbocycles. The number of hydrogen-bond acceptors (Lipinski definition) is 2. The van der Waals surface area contributed by atoms with E-state index in [1.54, 1.807) is 0 Å². The Hall–Kier alpha value is -0.740. The first-order valence-corrected chi connectivity index (χ1v) is 9.29. The fourth-order valence-corrected chi connectivity index (χ4v) is 3.72. The minimum Gasteiger partial charge on any atom is -0.490 e. The molecule has 0 unspecified atom stereocenters. The largest absolute Gasteiger partial charge is 0.490 e. The molecule has 3 nitrogen and oxygen atoms in total. The molecule has 0 heterocycles. The van der Waals surface area contributed by atoms with E-state index in [-0.39, 0.29) is 5.54 Å². The average Bonchev–Trinajstić information content (AvgIpc) is 2.38. The van der Waals surface area contributed by atoms with E-state index in [0.29, 0.717) is 18.6 Å². The third-order valence-corrected chi connectivity index (χ3v) is 4.12. The summed E-state index contributed by atoms with van der Waals surface area (Å²) in [5.41, 5.74) is 1.77. The van der Waals surface area contributed by atoms with Crippen LogP contribution in [0.25, 0.3) is 0 Å². The summed E-state index contributed by atoms with van der Waals surface area (Å²) in [4.78, 5) is 0. The first-order valence-electron chi connectivity index (χ1n) is 8.50. The summed E-state index contributed by atoms with van der Waals surface area (Å²) in [6, 6.07) is 4.24. The van der Waals surface area contributed by atoms with Gasteiger partial charge in [-0.3, -0.25) is 0 Å². The maximum atomic E-state index is 5.75. The third kappa shape index (κ3) is 7.13. The number of quaternary nitrogens is 1. The molecule has 0 saturated carbocycles. The second-order valence-electron chi connectivity index (χ2n) is 7.91. The smallest absolute Gasteiger partial charge is 0.175 e. The molecule has 0 amide bonds. The van der Waals surface area contributed by atoms with E-state index in [1.807, 2.05) is 13.8 Å². The second kappa shape index (κ2) is 8.39. The Morgan fingerprint density at radius 3 is 2.13 bits per heavy atom. The Kier molecular flexibility index (Phi) is 7.40. The quantitative estimate of drug-likeness (QED) is 0.712. The molecule has 0 saturated heterocycles. The molecule has 0 aliphatic rings. The predicted octanol–water partition coefficient (Wildman–Crippen LogP) is 4.52. The molecular weight excluding hydrogens is 354 g/mol. The fraction of sp³-hybridized carbons (Fsp3) is 0.684. The van der Waals surface area contributed by atoms with Gasteiger partial charge in [0, 0.05) is 12.0 Å². The molecule has 1 rings (SSSR count). The number of benzene rings is 1. The highest BCUT2D eigenvalue weighted by Crippen LogP contribution is 2.36. The lowest BCUT2D eigenvalue weighted by atomic mass is 9.82.